The van der Waals surface area contributed by atoms with Gasteiger partial charge >= 0.3 is 11.4 Å². The van der Waals surface area contributed by atoms with Crippen LogP contribution in [0.25, 0.3) is 0 Å². The molecule has 2 aliphatic heterocycles. The highest BCUT2D eigenvalue weighted by molar-refractivity contribution is 8.13. The smallest absolute Gasteiger partial charge is 0.305 e. The highest BCUT2D eigenvalue weighted by atomic mass is 32.2. The summed E-state index contributed by atoms with van der Waals surface area (Å²) in [6.45, 7) is 1.48. The van der Waals surface area contributed by atoms with E-state index in [0.717, 1.165) is 11.8 Å². The van der Waals surface area contributed by atoms with Crippen molar-refractivity contribution in [2.75, 3.05) is 12.9 Å². The minimum Gasteiger partial charge on any atom is -0.353 e. The second-order valence-corrected chi connectivity index (χ2v) is 5.40. The van der Waals surface area contributed by atoms with Crippen LogP contribution in [0, 0.1) is 0 Å². The number of thioether (sulfide) groups is 1. The fourth-order valence-corrected chi connectivity index (χ4v) is 3.15. The topological polar surface area (TPSA) is 71.1 Å². The summed E-state index contributed by atoms with van der Waals surface area (Å²) in [5, 5.41) is 0.000976. The number of hydrogen-bond acceptors (Lipinski definition) is 7. The number of carbonyl (C=O) groups excluding carboxylic acids is 1. The van der Waals surface area contributed by atoms with Crippen LogP contribution in [0.1, 0.15) is 6.92 Å². The van der Waals surface area contributed by atoms with Crippen LogP contribution in [0.2, 0.25) is 0 Å². The molecule has 0 N–H and O–H groups in total. The monoisotopic (exact) mass is 268 g/mol. The van der Waals surface area contributed by atoms with E-state index in [9.17, 15) is 9.00 Å². The maximum Gasteiger partial charge on any atom is 0.305 e. The maximum atomic E-state index is 11.1. The van der Waals surface area contributed by atoms with Crippen molar-refractivity contribution in [3.8, 4) is 0 Å². The molecule has 0 bridgehead atoms. The van der Waals surface area contributed by atoms with Crippen LogP contribution in [0.5, 0.6) is 0 Å². The van der Waals surface area contributed by atoms with Crippen molar-refractivity contribution in [3.05, 3.63) is 0 Å². The van der Waals surface area contributed by atoms with E-state index in [2.05, 4.69) is 0 Å². The van der Waals surface area contributed by atoms with Gasteiger partial charge in [0.2, 0.25) is 0 Å². The van der Waals surface area contributed by atoms with Gasteiger partial charge in [0.05, 0.1) is 0 Å². The van der Waals surface area contributed by atoms with Crippen molar-refractivity contribution in [1.82, 2.24) is 0 Å². The van der Waals surface area contributed by atoms with Crippen LogP contribution in [-0.2, 0) is 34.0 Å². The van der Waals surface area contributed by atoms with Crippen LogP contribution in [-0.4, -0.2) is 46.8 Å². The van der Waals surface area contributed by atoms with Crippen LogP contribution in [0.4, 0.5) is 0 Å². The van der Waals surface area contributed by atoms with Gasteiger partial charge in [-0.05, 0) is 0 Å². The molecule has 6 nitrogen and oxygen atoms in total. The van der Waals surface area contributed by atoms with Gasteiger partial charge in [0, 0.05) is 19.8 Å². The third-order valence-corrected chi connectivity index (χ3v) is 3.99. The molecule has 92 valence electrons. The molecule has 2 rings (SSSR count). The molecule has 1 unspecified atom stereocenters. The minimum atomic E-state index is -1.74. The van der Waals surface area contributed by atoms with Crippen molar-refractivity contribution in [1.29, 1.82) is 0 Å². The Morgan fingerprint density at radius 1 is 1.44 bits per heavy atom. The molecule has 0 aromatic heterocycles. The predicted octanol–water partition coefficient (Wildman–Crippen LogP) is 0.0001000. The summed E-state index contributed by atoms with van der Waals surface area (Å²) >= 11 is -0.606. The number of fused-ring (bicyclic) bond motifs is 1. The maximum absolute atomic E-state index is 11.1. The molecule has 0 spiro atoms. The number of ether oxygens (including phenoxy) is 2. The lowest BCUT2D eigenvalue weighted by Gasteiger charge is -2.14. The molecule has 2 aliphatic rings. The van der Waals surface area contributed by atoms with Gasteiger partial charge in [-0.2, -0.15) is 4.21 Å². The highest BCUT2D eigenvalue weighted by Gasteiger charge is 2.53. The Balaban J connectivity index is 1.99. The Morgan fingerprint density at radius 3 is 2.75 bits per heavy atom. The zero-order chi connectivity index (χ0) is 11.7. The Hall–Kier alpha value is 0.01000. The quantitative estimate of drug-likeness (QED) is 0.713. The molecule has 0 aromatic carbocycles. The van der Waals surface area contributed by atoms with Crippen molar-refractivity contribution >= 4 is 28.2 Å². The van der Waals surface area contributed by atoms with Gasteiger partial charge in [-0.15, -0.1) is 0 Å². The Morgan fingerprint density at radius 2 is 2.12 bits per heavy atom. The van der Waals surface area contributed by atoms with Gasteiger partial charge in [-0.3, -0.25) is 13.2 Å². The molecule has 0 aliphatic carbocycles. The molecule has 5 atom stereocenters. The largest absolute Gasteiger partial charge is 0.353 e. The van der Waals surface area contributed by atoms with Gasteiger partial charge in [0.25, 0.3) is 0 Å². The lowest BCUT2D eigenvalue weighted by Crippen LogP contribution is -2.31. The van der Waals surface area contributed by atoms with E-state index < -0.39 is 29.9 Å². The first-order valence-electron chi connectivity index (χ1n) is 4.69. The van der Waals surface area contributed by atoms with E-state index in [1.807, 2.05) is 0 Å². The fourth-order valence-electron chi connectivity index (χ4n) is 1.64. The first-order chi connectivity index (χ1) is 7.61. The molecule has 8 heteroatoms. The number of methoxy groups -OCH3 is 1. The summed E-state index contributed by atoms with van der Waals surface area (Å²) in [5.74, 6) is 0.441. The van der Waals surface area contributed by atoms with Gasteiger partial charge in [0.15, 0.2) is 17.5 Å². The molecule has 2 fully saturated rings. The summed E-state index contributed by atoms with van der Waals surface area (Å²) in [5.41, 5.74) is 0. The van der Waals surface area contributed by atoms with Crippen LogP contribution in [0.3, 0.4) is 0 Å². The van der Waals surface area contributed by atoms with Gasteiger partial charge in [-0.1, -0.05) is 11.8 Å². The zero-order valence-corrected chi connectivity index (χ0v) is 10.4. The van der Waals surface area contributed by atoms with Crippen molar-refractivity contribution < 1.29 is 26.8 Å². The van der Waals surface area contributed by atoms with Crippen LogP contribution >= 0.6 is 11.8 Å². The average Bonchev–Trinajstić information content (AvgIpc) is 2.72. The predicted molar refractivity (Wildman–Crippen MR) is 56.7 cm³/mol. The Bertz CT molecular complexity index is 309. The Kier molecular flexibility index (Phi) is 3.98. The van der Waals surface area contributed by atoms with Crippen molar-refractivity contribution in [2.24, 2.45) is 0 Å². The standard InChI is InChI=1S/C8H12O6S2/c1-4(9)15-3-5-6-7(8(11-2)12-5)14-16(10)13-6/h5-8H,3H2,1-2H3/t5-,6+,7+,8-,16?/m1/s1. The van der Waals surface area contributed by atoms with E-state index in [1.54, 1.807) is 0 Å². The van der Waals surface area contributed by atoms with Crippen molar-refractivity contribution in [2.45, 2.75) is 31.5 Å². The normalized spacial score (nSPS) is 42.2. The van der Waals surface area contributed by atoms with E-state index in [-0.39, 0.29) is 11.2 Å². The zero-order valence-electron chi connectivity index (χ0n) is 8.78. The highest BCUT2D eigenvalue weighted by Crippen LogP contribution is 2.34. The summed E-state index contributed by atoms with van der Waals surface area (Å²) in [6, 6.07) is 0. The molecular formula is C8H12O6S2. The van der Waals surface area contributed by atoms with Crippen LogP contribution in [0.15, 0.2) is 0 Å². The van der Waals surface area contributed by atoms with E-state index in [4.69, 9.17) is 17.8 Å². The molecule has 0 amide bonds. The number of rotatable bonds is 3. The third kappa shape index (κ3) is 2.47. The van der Waals surface area contributed by atoms with Gasteiger partial charge in [0.1, 0.15) is 12.2 Å². The lowest BCUT2D eigenvalue weighted by atomic mass is 10.2. The summed E-state index contributed by atoms with van der Waals surface area (Å²) in [6.07, 6.45) is -1.84. The molecule has 0 saturated carbocycles. The minimum absolute atomic E-state index is 0.000976. The molecule has 16 heavy (non-hydrogen) atoms. The molecule has 0 radical (unpaired) electrons. The second-order valence-electron chi connectivity index (χ2n) is 3.41. The first kappa shape index (κ1) is 12.5. The SMILES string of the molecule is CO[C@@H]1O[C@H](CSC(C)=O)[C@@H]2OS(=O)O[C@H]12. The number of hydrogen-bond donors (Lipinski definition) is 0. The Labute approximate surface area is 99.8 Å². The summed E-state index contributed by atoms with van der Waals surface area (Å²) in [7, 11) is 1.48. The molecular weight excluding hydrogens is 256 g/mol. The van der Waals surface area contributed by atoms with E-state index >= 15 is 0 Å². The van der Waals surface area contributed by atoms with E-state index in [0.29, 0.717) is 5.75 Å². The molecule has 2 heterocycles. The third-order valence-electron chi connectivity index (χ3n) is 2.33. The van der Waals surface area contributed by atoms with Crippen molar-refractivity contribution in [3.63, 3.8) is 0 Å². The number of carbonyl (C=O) groups is 1. The molecule has 0 aromatic rings. The average molecular weight is 268 g/mol. The first-order valence-corrected chi connectivity index (χ1v) is 6.68. The fraction of sp³-hybridized carbons (Fsp3) is 0.875. The molecule has 2 saturated heterocycles. The second kappa shape index (κ2) is 5.11. The summed E-state index contributed by atoms with van der Waals surface area (Å²) in [4.78, 5) is 10.9. The van der Waals surface area contributed by atoms with E-state index in [1.165, 1.54) is 14.0 Å². The van der Waals surface area contributed by atoms with Crippen LogP contribution < -0.4 is 0 Å². The summed E-state index contributed by atoms with van der Waals surface area (Å²) < 4.78 is 31.7. The van der Waals surface area contributed by atoms with Gasteiger partial charge < -0.3 is 9.47 Å². The van der Waals surface area contributed by atoms with Gasteiger partial charge in [-0.25, -0.2) is 0 Å². The lowest BCUT2D eigenvalue weighted by molar-refractivity contribution is -0.138.